The Labute approximate surface area is 90.7 Å². The van der Waals surface area contributed by atoms with E-state index >= 15 is 0 Å². The van der Waals surface area contributed by atoms with Crippen molar-refractivity contribution >= 4 is 30.9 Å². The van der Waals surface area contributed by atoms with Crippen LogP contribution in [0.15, 0.2) is 12.2 Å². The Hall–Kier alpha value is -0.370. The molecule has 1 aliphatic rings. The second-order valence-electron chi connectivity index (χ2n) is 2.97. The van der Waals surface area contributed by atoms with E-state index in [1.807, 2.05) is 0 Å². The molecule has 0 radical (unpaired) electrons. The van der Waals surface area contributed by atoms with Gasteiger partial charge in [-0.15, -0.1) is 4.26 Å². The molecule has 0 saturated carbocycles. The summed E-state index contributed by atoms with van der Waals surface area (Å²) in [4.78, 5) is 17.1. The number of ketones is 1. The average molecular weight is 265 g/mol. The SMILES string of the molecule is C=C(C)C(=O)C1COp2[nH][pH]npn2O1. The van der Waals surface area contributed by atoms with Crippen LogP contribution in [-0.4, -0.2) is 31.8 Å². The van der Waals surface area contributed by atoms with E-state index in [2.05, 4.69) is 15.6 Å². The molecule has 9 heteroatoms. The van der Waals surface area contributed by atoms with Crippen molar-refractivity contribution in [3.05, 3.63) is 12.2 Å². The monoisotopic (exact) mass is 265 g/mol. The summed E-state index contributed by atoms with van der Waals surface area (Å²) in [6.07, 6.45) is -0.577. The molecule has 1 aromatic rings. The van der Waals surface area contributed by atoms with Crippen LogP contribution < -0.4 is 9.36 Å². The van der Waals surface area contributed by atoms with Gasteiger partial charge in [-0.2, -0.15) is 4.51 Å². The van der Waals surface area contributed by atoms with Gasteiger partial charge < -0.3 is 0 Å². The molecule has 2 heterocycles. The fourth-order valence-corrected chi connectivity index (χ4v) is 4.98. The predicted molar refractivity (Wildman–Crippen MR) is 60.6 cm³/mol. The molecule has 3 unspecified atom stereocenters. The van der Waals surface area contributed by atoms with Crippen molar-refractivity contribution in [3.8, 4) is 0 Å². The summed E-state index contributed by atoms with van der Waals surface area (Å²) in [5.41, 5.74) is 0.482. The maximum Gasteiger partial charge on any atom is 0.207 e. The summed E-state index contributed by atoms with van der Waals surface area (Å²) in [5, 5.41) is 0. The Morgan fingerprint density at radius 3 is 3.40 bits per heavy atom. The number of nitrogens with one attached hydrogen (secondary N) is 1. The van der Waals surface area contributed by atoms with Crippen LogP contribution in [0.3, 0.4) is 0 Å². The lowest BCUT2D eigenvalue weighted by molar-refractivity contribution is -0.128. The molecule has 0 aliphatic carbocycles. The summed E-state index contributed by atoms with van der Waals surface area (Å²) in [6, 6.07) is 0. The van der Waals surface area contributed by atoms with E-state index in [0.29, 0.717) is 22.6 Å². The third-order valence-electron chi connectivity index (χ3n) is 1.76. The number of H-pyrrole nitrogens is 1. The van der Waals surface area contributed by atoms with Crippen LogP contribution in [0.5, 0.6) is 0 Å². The number of aromatic amines is 1. The smallest absolute Gasteiger partial charge is 0.207 e. The van der Waals surface area contributed by atoms with Crippen LogP contribution in [0.4, 0.5) is 0 Å². The highest BCUT2D eigenvalue weighted by Crippen LogP contribution is 2.28. The van der Waals surface area contributed by atoms with E-state index in [9.17, 15) is 4.79 Å². The number of carbonyl (C=O) groups is 1. The normalized spacial score (nSPS) is 21.7. The van der Waals surface area contributed by atoms with Crippen molar-refractivity contribution in [2.75, 3.05) is 6.61 Å². The van der Waals surface area contributed by atoms with Crippen molar-refractivity contribution < 1.29 is 14.2 Å². The molecule has 82 valence electrons. The van der Waals surface area contributed by atoms with Gasteiger partial charge in [0.05, 0.1) is 6.61 Å². The highest BCUT2D eigenvalue weighted by atomic mass is 31.2. The molecule has 2 rings (SSSR count). The third-order valence-corrected chi connectivity index (χ3v) is 5.45. The minimum Gasteiger partial charge on any atom is -0.300 e. The van der Waals surface area contributed by atoms with Crippen LogP contribution in [0.25, 0.3) is 0 Å². The molecule has 1 aliphatic heterocycles. The standard InChI is InChI=1S/C6H10N3O3P3/c1-4(2)6(10)5-3-11-15-8-13-7-14-9(15)12-5/h5,8,13H,1,3H2,2H3. The Balaban J connectivity index is 2.19. The van der Waals surface area contributed by atoms with Crippen LogP contribution >= 0.6 is 25.1 Å². The number of nitrogens with zero attached hydrogens (tertiary/aromatic N) is 2. The first-order chi connectivity index (χ1) is 7.18. The van der Waals surface area contributed by atoms with Gasteiger partial charge in [0.2, 0.25) is 8.08 Å². The van der Waals surface area contributed by atoms with Gasteiger partial charge in [0.1, 0.15) is 0 Å². The van der Waals surface area contributed by atoms with Crippen LogP contribution in [0.1, 0.15) is 6.92 Å². The highest BCUT2D eigenvalue weighted by molar-refractivity contribution is 7.50. The number of hydrogen-bond donors (Lipinski definition) is 1. The molecular weight excluding hydrogens is 255 g/mol. The average Bonchev–Trinajstić information content (AvgIpc) is 2.27. The molecule has 6 nitrogen and oxygen atoms in total. The fraction of sp³-hybridized carbons (Fsp3) is 0.500. The molecule has 0 saturated heterocycles. The van der Waals surface area contributed by atoms with Crippen molar-refractivity contribution in [3.63, 3.8) is 0 Å². The van der Waals surface area contributed by atoms with Gasteiger partial charge in [0, 0.05) is 8.51 Å². The van der Waals surface area contributed by atoms with E-state index in [4.69, 9.17) is 9.36 Å². The van der Waals surface area contributed by atoms with Crippen molar-refractivity contribution in [1.29, 1.82) is 0 Å². The van der Waals surface area contributed by atoms with E-state index in [-0.39, 0.29) is 12.4 Å². The summed E-state index contributed by atoms with van der Waals surface area (Å²) in [5.74, 6) is -0.118. The second-order valence-corrected chi connectivity index (χ2v) is 6.92. The van der Waals surface area contributed by atoms with Crippen LogP contribution in [0.2, 0.25) is 0 Å². The summed E-state index contributed by atoms with van der Waals surface area (Å²) in [6.45, 7) is 5.54. The van der Waals surface area contributed by atoms with Gasteiger partial charge in [-0.25, -0.2) is 4.84 Å². The number of Topliss-reactive ketones (excluding diaryl/α,β-unsaturated/α-hetero) is 1. The zero-order valence-electron chi connectivity index (χ0n) is 8.01. The largest absolute Gasteiger partial charge is 0.300 e. The van der Waals surface area contributed by atoms with E-state index in [1.165, 1.54) is 0 Å². The molecule has 1 aromatic heterocycles. The molecule has 0 fully saturated rings. The number of aromatic nitrogens is 3. The molecule has 0 amide bonds. The predicted octanol–water partition coefficient (Wildman–Crippen LogP) is 1.32. The maximum atomic E-state index is 11.6. The van der Waals surface area contributed by atoms with Gasteiger partial charge in [-0.3, -0.25) is 13.8 Å². The Morgan fingerprint density at radius 1 is 1.87 bits per heavy atom. The second kappa shape index (κ2) is 4.65. The molecule has 15 heavy (non-hydrogen) atoms. The van der Waals surface area contributed by atoms with Gasteiger partial charge in [0.15, 0.2) is 20.4 Å². The minimum atomic E-state index is -0.931. The van der Waals surface area contributed by atoms with E-state index in [0.717, 1.165) is 0 Å². The molecule has 0 bridgehead atoms. The van der Waals surface area contributed by atoms with Crippen molar-refractivity contribution in [2.24, 2.45) is 0 Å². The molecule has 3 atom stereocenters. The number of rotatable bonds is 2. The first kappa shape index (κ1) is 11.1. The zero-order chi connectivity index (χ0) is 10.8. The summed E-state index contributed by atoms with van der Waals surface area (Å²) >= 11 is 0. The maximum absolute atomic E-state index is 11.6. The van der Waals surface area contributed by atoms with Crippen molar-refractivity contribution in [2.45, 2.75) is 13.0 Å². The van der Waals surface area contributed by atoms with Gasteiger partial charge in [-0.05, 0) is 12.5 Å². The Kier molecular flexibility index (Phi) is 3.45. The highest BCUT2D eigenvalue weighted by Gasteiger charge is 2.26. The lowest BCUT2D eigenvalue weighted by Gasteiger charge is -2.23. The molecule has 1 N–H and O–H groups in total. The Bertz CT molecular complexity index is 427. The number of carbonyl (C=O) groups excluding carboxylic acids is 1. The quantitative estimate of drug-likeness (QED) is 0.819. The summed E-state index contributed by atoms with van der Waals surface area (Å²) < 4.78 is 14.2. The summed E-state index contributed by atoms with van der Waals surface area (Å²) in [7, 11) is 0.104. The van der Waals surface area contributed by atoms with Crippen molar-refractivity contribution in [1.82, 2.24) is 13.3 Å². The third kappa shape index (κ3) is 2.41. The fourth-order valence-electron chi connectivity index (χ4n) is 1.03. The number of hydrogen-bond acceptors (Lipinski definition) is 4. The van der Waals surface area contributed by atoms with E-state index < -0.39 is 14.2 Å². The van der Waals surface area contributed by atoms with Gasteiger partial charge in [-0.1, -0.05) is 6.58 Å². The number of fused-ring (bicyclic) bond motifs is 1. The zero-order valence-corrected chi connectivity index (χ0v) is 10.8. The molecular formula is C6H10N3O3P3. The lowest BCUT2D eigenvalue weighted by Crippen LogP contribution is -2.41. The van der Waals surface area contributed by atoms with Crippen LogP contribution in [0, 0.1) is 0 Å². The first-order valence-electron chi connectivity index (χ1n) is 4.19. The minimum absolute atomic E-state index is 0.118. The van der Waals surface area contributed by atoms with Crippen LogP contribution in [-0.2, 0) is 4.79 Å². The first-order valence-corrected chi connectivity index (χ1v) is 7.15. The molecule has 0 spiro atoms. The lowest BCUT2D eigenvalue weighted by atomic mass is 10.1. The van der Waals surface area contributed by atoms with E-state index in [1.54, 1.807) is 11.2 Å². The Morgan fingerprint density at radius 2 is 2.67 bits per heavy atom. The van der Waals surface area contributed by atoms with Gasteiger partial charge in [0.25, 0.3) is 0 Å². The molecule has 0 aromatic carbocycles. The topological polar surface area (TPSA) is 69.1 Å². The van der Waals surface area contributed by atoms with Gasteiger partial charge >= 0.3 is 0 Å².